The molecular weight excluding hydrogens is 264 g/mol. The van der Waals surface area contributed by atoms with Gasteiger partial charge in [0.2, 0.25) is 6.39 Å². The molecule has 6 nitrogen and oxygen atoms in total. The molecule has 0 aliphatic heterocycles. The lowest BCUT2D eigenvalue weighted by atomic mass is 10.3. The van der Waals surface area contributed by atoms with E-state index < -0.39 is 0 Å². The summed E-state index contributed by atoms with van der Waals surface area (Å²) in [4.78, 5) is 17.1. The molecule has 0 aliphatic rings. The average Bonchev–Trinajstić information content (AvgIpc) is 3.07. The van der Waals surface area contributed by atoms with E-state index >= 15 is 0 Å². The Balaban J connectivity index is 1.84. The predicted octanol–water partition coefficient (Wildman–Crippen LogP) is 0.414. The van der Waals surface area contributed by atoms with Crippen LogP contribution in [-0.2, 0) is 6.42 Å². The van der Waals surface area contributed by atoms with E-state index in [1.165, 1.54) is 17.7 Å². The number of carbonyl (C=O) groups is 1. The van der Waals surface area contributed by atoms with Gasteiger partial charge in [0.25, 0.3) is 5.91 Å². The molecule has 0 unspecified atom stereocenters. The van der Waals surface area contributed by atoms with Crippen LogP contribution in [0.2, 0.25) is 0 Å². The summed E-state index contributed by atoms with van der Waals surface area (Å²) in [6, 6.07) is 3.55. The second kappa shape index (κ2) is 6.68. The third kappa shape index (κ3) is 3.91. The molecule has 0 fully saturated rings. The fourth-order valence-electron chi connectivity index (χ4n) is 1.34. The Morgan fingerprint density at radius 3 is 3.16 bits per heavy atom. The Bertz CT molecular complexity index is 595. The summed E-state index contributed by atoms with van der Waals surface area (Å²) >= 11 is 1.34. The van der Waals surface area contributed by atoms with Crippen molar-refractivity contribution in [2.45, 2.75) is 6.42 Å². The maximum atomic E-state index is 11.8. The van der Waals surface area contributed by atoms with E-state index in [1.54, 1.807) is 12.1 Å². The topological polar surface area (TPSA) is 94.0 Å². The van der Waals surface area contributed by atoms with Gasteiger partial charge in [-0.3, -0.25) is 4.79 Å². The van der Waals surface area contributed by atoms with Crippen molar-refractivity contribution >= 4 is 17.2 Å². The summed E-state index contributed by atoms with van der Waals surface area (Å²) < 4.78 is 4.60. The molecule has 98 valence electrons. The highest BCUT2D eigenvalue weighted by Gasteiger charge is 2.08. The van der Waals surface area contributed by atoms with E-state index in [0.717, 1.165) is 4.88 Å². The summed E-state index contributed by atoms with van der Waals surface area (Å²) in [5, 5.41) is 6.44. The van der Waals surface area contributed by atoms with Crippen LogP contribution < -0.4 is 11.1 Å². The van der Waals surface area contributed by atoms with E-state index in [-0.39, 0.29) is 5.91 Å². The smallest absolute Gasteiger partial charge is 0.261 e. The Kier molecular flexibility index (Phi) is 4.66. The van der Waals surface area contributed by atoms with Crippen molar-refractivity contribution in [1.29, 1.82) is 0 Å². The number of amides is 1. The monoisotopic (exact) mass is 276 g/mol. The minimum Gasteiger partial charge on any atom is -0.351 e. The van der Waals surface area contributed by atoms with Gasteiger partial charge in [-0.15, -0.1) is 11.3 Å². The van der Waals surface area contributed by atoms with Crippen molar-refractivity contribution in [2.24, 2.45) is 5.73 Å². The zero-order valence-corrected chi connectivity index (χ0v) is 10.9. The summed E-state index contributed by atoms with van der Waals surface area (Å²) in [6.07, 6.45) is 1.80. The van der Waals surface area contributed by atoms with Crippen LogP contribution in [-0.4, -0.2) is 29.1 Å². The highest BCUT2D eigenvalue weighted by molar-refractivity contribution is 7.14. The van der Waals surface area contributed by atoms with Crippen molar-refractivity contribution in [3.05, 3.63) is 34.1 Å². The van der Waals surface area contributed by atoms with Crippen molar-refractivity contribution in [1.82, 2.24) is 15.5 Å². The molecule has 0 saturated heterocycles. The zero-order chi connectivity index (χ0) is 13.5. The molecule has 0 bridgehead atoms. The third-order valence-electron chi connectivity index (χ3n) is 2.18. The molecule has 19 heavy (non-hydrogen) atoms. The van der Waals surface area contributed by atoms with E-state index in [9.17, 15) is 4.79 Å². The first-order valence-corrected chi connectivity index (χ1v) is 6.43. The van der Waals surface area contributed by atoms with E-state index in [2.05, 4.69) is 31.8 Å². The second-order valence-corrected chi connectivity index (χ2v) is 4.61. The lowest BCUT2D eigenvalue weighted by Crippen LogP contribution is -2.25. The average molecular weight is 276 g/mol. The molecule has 2 aromatic heterocycles. The number of rotatable bonds is 4. The molecule has 7 heteroatoms. The number of hydrogen-bond donors (Lipinski definition) is 2. The second-order valence-electron chi connectivity index (χ2n) is 3.52. The summed E-state index contributed by atoms with van der Waals surface area (Å²) in [7, 11) is 0. The summed E-state index contributed by atoms with van der Waals surface area (Å²) in [5.41, 5.74) is 5.29. The molecule has 2 rings (SSSR count). The maximum Gasteiger partial charge on any atom is 0.261 e. The van der Waals surface area contributed by atoms with Gasteiger partial charge in [0.05, 0.1) is 16.3 Å². The number of carbonyl (C=O) groups excluding carboxylic acids is 1. The summed E-state index contributed by atoms with van der Waals surface area (Å²) in [5.74, 6) is 6.08. The Labute approximate surface area is 114 Å². The molecule has 0 saturated carbocycles. The number of thiophene rings is 1. The van der Waals surface area contributed by atoms with Crippen LogP contribution in [0.4, 0.5) is 0 Å². The quantitative estimate of drug-likeness (QED) is 0.789. The van der Waals surface area contributed by atoms with Crippen LogP contribution in [0.3, 0.4) is 0 Å². The molecule has 2 aromatic rings. The summed E-state index contributed by atoms with van der Waals surface area (Å²) in [6.45, 7) is 0.768. The predicted molar refractivity (Wildman–Crippen MR) is 70.6 cm³/mol. The van der Waals surface area contributed by atoms with Crippen LogP contribution >= 0.6 is 11.3 Å². The van der Waals surface area contributed by atoms with Crippen LogP contribution in [0.15, 0.2) is 23.0 Å². The van der Waals surface area contributed by atoms with Crippen molar-refractivity contribution in [3.63, 3.8) is 0 Å². The minimum absolute atomic E-state index is 0.130. The lowest BCUT2D eigenvalue weighted by Gasteiger charge is -2.00. The van der Waals surface area contributed by atoms with Gasteiger partial charge in [0, 0.05) is 13.0 Å². The minimum atomic E-state index is -0.130. The highest BCUT2D eigenvalue weighted by Crippen LogP contribution is 2.14. The standard InChI is InChI=1S/C12H12N4O2S/c13-6-1-2-9-3-4-10(19-9)12(17)14-7-5-11-15-8-18-16-11/h3-4,8H,5-7,13H2,(H,14,17). The molecule has 3 N–H and O–H groups in total. The molecule has 2 heterocycles. The molecule has 0 spiro atoms. The van der Waals surface area contributed by atoms with Gasteiger partial charge >= 0.3 is 0 Å². The number of nitrogens with one attached hydrogen (secondary N) is 1. The van der Waals surface area contributed by atoms with E-state index in [1.807, 2.05) is 0 Å². The highest BCUT2D eigenvalue weighted by atomic mass is 32.1. The van der Waals surface area contributed by atoms with Crippen LogP contribution in [0.25, 0.3) is 0 Å². The number of aromatic nitrogens is 2. The Morgan fingerprint density at radius 2 is 2.42 bits per heavy atom. The molecule has 0 aliphatic carbocycles. The number of hydrogen-bond acceptors (Lipinski definition) is 6. The maximum absolute atomic E-state index is 11.8. The number of nitrogens with two attached hydrogens (primary N) is 1. The fraction of sp³-hybridized carbons (Fsp3) is 0.250. The van der Waals surface area contributed by atoms with Crippen LogP contribution in [0, 0.1) is 11.8 Å². The SMILES string of the molecule is NCC#Cc1ccc(C(=O)NCCc2ncon2)s1. The van der Waals surface area contributed by atoms with Gasteiger partial charge < -0.3 is 15.6 Å². The first-order chi connectivity index (χ1) is 9.29. The fourth-order valence-corrected chi connectivity index (χ4v) is 2.14. The first-order valence-electron chi connectivity index (χ1n) is 5.62. The zero-order valence-electron chi connectivity index (χ0n) is 10.0. The van der Waals surface area contributed by atoms with Gasteiger partial charge in [-0.25, -0.2) is 0 Å². The normalized spacial score (nSPS) is 9.74. The van der Waals surface area contributed by atoms with Crippen molar-refractivity contribution < 1.29 is 9.32 Å². The van der Waals surface area contributed by atoms with E-state index in [4.69, 9.17) is 5.73 Å². The van der Waals surface area contributed by atoms with Gasteiger partial charge in [0.15, 0.2) is 5.82 Å². The molecule has 0 radical (unpaired) electrons. The molecular formula is C12H12N4O2S. The Hall–Kier alpha value is -2.17. The molecule has 1 amide bonds. The molecule has 0 atom stereocenters. The first kappa shape index (κ1) is 13.3. The number of nitrogens with zero attached hydrogens (tertiary/aromatic N) is 2. The van der Waals surface area contributed by atoms with Gasteiger partial charge in [-0.2, -0.15) is 4.98 Å². The third-order valence-corrected chi connectivity index (χ3v) is 3.18. The van der Waals surface area contributed by atoms with Gasteiger partial charge in [-0.1, -0.05) is 17.0 Å². The largest absolute Gasteiger partial charge is 0.351 e. The molecule has 0 aromatic carbocycles. The Morgan fingerprint density at radius 1 is 1.53 bits per heavy atom. The van der Waals surface area contributed by atoms with E-state index in [0.29, 0.717) is 30.2 Å². The lowest BCUT2D eigenvalue weighted by molar-refractivity contribution is 0.0958. The van der Waals surface area contributed by atoms with Crippen molar-refractivity contribution in [2.75, 3.05) is 13.1 Å². The van der Waals surface area contributed by atoms with Gasteiger partial charge in [-0.05, 0) is 12.1 Å². The van der Waals surface area contributed by atoms with Crippen molar-refractivity contribution in [3.8, 4) is 11.8 Å². The van der Waals surface area contributed by atoms with Crippen LogP contribution in [0.5, 0.6) is 0 Å². The van der Waals surface area contributed by atoms with Gasteiger partial charge in [0.1, 0.15) is 0 Å². The van der Waals surface area contributed by atoms with Crippen LogP contribution in [0.1, 0.15) is 20.4 Å².